The standard InChI is InChI=1S/C15H9Cl2F3N4S/c1-3-7(2)25-13-11(6-21)23-24(14(13)22)12-9(16)4-8(5-10(12)17)15(18,19)20/h1,4-5,7H,22H2,2H3. The first kappa shape index (κ1) is 19.3. The summed E-state index contributed by atoms with van der Waals surface area (Å²) < 4.78 is 39.5. The molecule has 2 N–H and O–H groups in total. The van der Waals surface area contributed by atoms with Crippen LogP contribution in [-0.2, 0) is 6.18 Å². The van der Waals surface area contributed by atoms with Crippen molar-refractivity contribution in [2.24, 2.45) is 0 Å². The van der Waals surface area contributed by atoms with Gasteiger partial charge in [0.1, 0.15) is 17.6 Å². The van der Waals surface area contributed by atoms with Crippen LogP contribution in [0, 0.1) is 23.7 Å². The van der Waals surface area contributed by atoms with E-state index >= 15 is 0 Å². The lowest BCUT2D eigenvalue weighted by molar-refractivity contribution is -0.137. The summed E-state index contributed by atoms with van der Waals surface area (Å²) in [6.07, 6.45) is 0.706. The topological polar surface area (TPSA) is 67.6 Å². The van der Waals surface area contributed by atoms with Crippen LogP contribution in [0.15, 0.2) is 17.0 Å². The number of rotatable bonds is 3. The first-order chi connectivity index (χ1) is 11.6. The van der Waals surface area contributed by atoms with Gasteiger partial charge >= 0.3 is 6.18 Å². The number of thioether (sulfide) groups is 1. The van der Waals surface area contributed by atoms with Crippen molar-refractivity contribution in [2.45, 2.75) is 23.2 Å². The molecular formula is C15H9Cl2F3N4S. The zero-order valence-corrected chi connectivity index (χ0v) is 14.9. The Balaban J connectivity index is 2.65. The lowest BCUT2D eigenvalue weighted by Crippen LogP contribution is -2.08. The molecule has 0 aliphatic rings. The highest BCUT2D eigenvalue weighted by Gasteiger charge is 2.33. The van der Waals surface area contributed by atoms with Gasteiger partial charge in [0.25, 0.3) is 0 Å². The van der Waals surface area contributed by atoms with Gasteiger partial charge in [-0.1, -0.05) is 29.1 Å². The van der Waals surface area contributed by atoms with Gasteiger partial charge in [-0.15, -0.1) is 18.2 Å². The van der Waals surface area contributed by atoms with Crippen molar-refractivity contribution < 1.29 is 13.2 Å². The number of anilines is 1. The van der Waals surface area contributed by atoms with Gasteiger partial charge in [0, 0.05) is 0 Å². The molecule has 1 aromatic heterocycles. The van der Waals surface area contributed by atoms with Gasteiger partial charge in [-0.2, -0.15) is 23.5 Å². The molecule has 1 heterocycles. The van der Waals surface area contributed by atoms with Gasteiger partial charge in [0.15, 0.2) is 5.69 Å². The number of benzene rings is 1. The van der Waals surface area contributed by atoms with E-state index in [1.165, 1.54) is 0 Å². The summed E-state index contributed by atoms with van der Waals surface area (Å²) in [6.45, 7) is 1.72. The maximum atomic E-state index is 12.8. The predicted octanol–water partition coefficient (Wildman–Crippen LogP) is 4.77. The number of nitrogens with two attached hydrogens (primary N) is 1. The van der Waals surface area contributed by atoms with E-state index in [1.54, 1.807) is 6.92 Å². The molecule has 0 aliphatic heterocycles. The molecule has 0 saturated carbocycles. The monoisotopic (exact) mass is 404 g/mol. The maximum Gasteiger partial charge on any atom is 0.416 e. The minimum Gasteiger partial charge on any atom is -0.383 e. The van der Waals surface area contributed by atoms with Crippen LogP contribution in [0.25, 0.3) is 5.69 Å². The number of nitrogen functional groups attached to an aromatic ring is 1. The molecule has 1 atom stereocenters. The smallest absolute Gasteiger partial charge is 0.383 e. The Hall–Kier alpha value is -2.00. The molecule has 0 fully saturated rings. The number of aromatic nitrogens is 2. The Morgan fingerprint density at radius 2 is 1.92 bits per heavy atom. The molecule has 0 aliphatic carbocycles. The largest absolute Gasteiger partial charge is 0.416 e. The van der Waals surface area contributed by atoms with Crippen LogP contribution in [0.2, 0.25) is 10.0 Å². The van der Waals surface area contributed by atoms with Crippen LogP contribution in [0.5, 0.6) is 0 Å². The first-order valence-electron chi connectivity index (χ1n) is 6.58. The normalized spacial score (nSPS) is 12.5. The lowest BCUT2D eigenvalue weighted by Gasteiger charge is -2.13. The summed E-state index contributed by atoms with van der Waals surface area (Å²) in [6, 6.07) is 3.29. The summed E-state index contributed by atoms with van der Waals surface area (Å²) in [5.74, 6) is 2.48. The highest BCUT2D eigenvalue weighted by molar-refractivity contribution is 8.00. The molecule has 0 bridgehead atoms. The second-order valence-corrected chi connectivity index (χ2v) is 6.97. The number of terminal acetylenes is 1. The third-order valence-corrected chi connectivity index (χ3v) is 4.77. The third-order valence-electron chi connectivity index (χ3n) is 3.07. The Bertz CT molecular complexity index is 886. The Kier molecular flexibility index (Phi) is 5.48. The molecule has 0 saturated heterocycles. The van der Waals surface area contributed by atoms with E-state index in [0.29, 0.717) is 17.0 Å². The number of nitriles is 1. The second kappa shape index (κ2) is 7.09. The molecule has 130 valence electrons. The molecule has 4 nitrogen and oxygen atoms in total. The van der Waals surface area contributed by atoms with Crippen molar-refractivity contribution in [3.8, 4) is 24.1 Å². The summed E-state index contributed by atoms with van der Waals surface area (Å²) in [4.78, 5) is 0.306. The zero-order chi connectivity index (χ0) is 18.9. The summed E-state index contributed by atoms with van der Waals surface area (Å²) in [7, 11) is 0. The van der Waals surface area contributed by atoms with Crippen LogP contribution < -0.4 is 5.73 Å². The molecule has 10 heteroatoms. The highest BCUT2D eigenvalue weighted by Crippen LogP contribution is 2.40. The summed E-state index contributed by atoms with van der Waals surface area (Å²) in [5, 5.41) is 12.3. The minimum atomic E-state index is -4.61. The van der Waals surface area contributed by atoms with Gasteiger partial charge in [-0.25, -0.2) is 4.68 Å². The molecule has 2 rings (SSSR count). The average molecular weight is 405 g/mol. The molecule has 1 unspecified atom stereocenters. The van der Waals surface area contributed by atoms with Crippen LogP contribution >= 0.6 is 35.0 Å². The first-order valence-corrected chi connectivity index (χ1v) is 8.21. The number of halogens is 5. The quantitative estimate of drug-likeness (QED) is 0.591. The van der Waals surface area contributed by atoms with E-state index in [1.807, 2.05) is 6.07 Å². The molecule has 0 spiro atoms. The molecule has 0 radical (unpaired) electrons. The van der Waals surface area contributed by atoms with Crippen molar-refractivity contribution in [1.29, 1.82) is 5.26 Å². The van der Waals surface area contributed by atoms with Gasteiger partial charge in [-0.3, -0.25) is 0 Å². The Morgan fingerprint density at radius 3 is 2.36 bits per heavy atom. The molecule has 25 heavy (non-hydrogen) atoms. The van der Waals surface area contributed by atoms with Crippen LogP contribution in [0.4, 0.5) is 19.0 Å². The fraction of sp³-hybridized carbons (Fsp3) is 0.200. The SMILES string of the molecule is C#CC(C)Sc1c(C#N)nn(-c2c(Cl)cc(C(F)(F)F)cc2Cl)c1N. The fourth-order valence-electron chi connectivity index (χ4n) is 1.92. The van der Waals surface area contributed by atoms with E-state index in [-0.39, 0.29) is 32.5 Å². The van der Waals surface area contributed by atoms with Crippen molar-refractivity contribution in [3.63, 3.8) is 0 Å². The van der Waals surface area contributed by atoms with E-state index < -0.39 is 11.7 Å². The van der Waals surface area contributed by atoms with Crippen LogP contribution in [0.3, 0.4) is 0 Å². The minimum absolute atomic E-state index is 0.00667. The third kappa shape index (κ3) is 3.82. The van der Waals surface area contributed by atoms with E-state index in [9.17, 15) is 18.4 Å². The number of hydrogen-bond donors (Lipinski definition) is 1. The van der Waals surface area contributed by atoms with Crippen molar-refractivity contribution in [3.05, 3.63) is 33.4 Å². The van der Waals surface area contributed by atoms with Crippen molar-refractivity contribution >= 4 is 40.8 Å². The van der Waals surface area contributed by atoms with E-state index in [4.69, 9.17) is 35.4 Å². The number of alkyl halides is 3. The fourth-order valence-corrected chi connectivity index (χ4v) is 3.39. The van der Waals surface area contributed by atoms with Crippen molar-refractivity contribution in [1.82, 2.24) is 9.78 Å². The van der Waals surface area contributed by atoms with Gasteiger partial charge < -0.3 is 5.73 Å². The van der Waals surface area contributed by atoms with E-state index in [2.05, 4.69) is 11.0 Å². The molecular weight excluding hydrogens is 396 g/mol. The second-order valence-electron chi connectivity index (χ2n) is 4.80. The summed E-state index contributed by atoms with van der Waals surface area (Å²) >= 11 is 13.0. The molecule has 2 aromatic rings. The Labute approximate surface area is 155 Å². The zero-order valence-electron chi connectivity index (χ0n) is 12.5. The average Bonchev–Trinajstić information content (AvgIpc) is 2.82. The molecule has 0 amide bonds. The van der Waals surface area contributed by atoms with Crippen molar-refractivity contribution in [2.75, 3.05) is 5.73 Å². The van der Waals surface area contributed by atoms with Crippen LogP contribution in [0.1, 0.15) is 18.2 Å². The number of nitrogens with zero attached hydrogens (tertiary/aromatic N) is 3. The van der Waals surface area contributed by atoms with Gasteiger partial charge in [0.05, 0.1) is 25.8 Å². The van der Waals surface area contributed by atoms with Gasteiger partial charge in [-0.05, 0) is 19.1 Å². The Morgan fingerprint density at radius 1 is 1.36 bits per heavy atom. The predicted molar refractivity (Wildman–Crippen MR) is 91.9 cm³/mol. The van der Waals surface area contributed by atoms with E-state index in [0.717, 1.165) is 16.4 Å². The lowest BCUT2D eigenvalue weighted by atomic mass is 10.2. The van der Waals surface area contributed by atoms with Gasteiger partial charge in [0.2, 0.25) is 0 Å². The summed E-state index contributed by atoms with van der Waals surface area (Å²) in [5.41, 5.74) is 4.91. The maximum absolute atomic E-state index is 12.8. The van der Waals surface area contributed by atoms with Crippen LogP contribution in [-0.4, -0.2) is 15.0 Å². The highest BCUT2D eigenvalue weighted by atomic mass is 35.5. The molecule has 1 aromatic carbocycles. The number of hydrogen-bond acceptors (Lipinski definition) is 4.